The van der Waals surface area contributed by atoms with Gasteiger partial charge in [0.25, 0.3) is 0 Å². The van der Waals surface area contributed by atoms with Gasteiger partial charge < -0.3 is 14.5 Å². The number of hydrogen-bond acceptors (Lipinski definition) is 4. The Morgan fingerprint density at radius 2 is 1.45 bits per heavy atom. The summed E-state index contributed by atoms with van der Waals surface area (Å²) < 4.78 is 5.28. The molecule has 2 rings (SSSR count). The van der Waals surface area contributed by atoms with E-state index in [1.54, 1.807) is 0 Å². The maximum absolute atomic E-state index is 12.2. The molecule has 2 aliphatic heterocycles. The van der Waals surface area contributed by atoms with Gasteiger partial charge in [-0.15, -0.1) is 0 Å². The summed E-state index contributed by atoms with van der Waals surface area (Å²) in [6.07, 6.45) is 1.50. The van der Waals surface area contributed by atoms with Crippen molar-refractivity contribution in [2.75, 3.05) is 59.0 Å². The lowest BCUT2D eigenvalue weighted by molar-refractivity contribution is -0.140. The van der Waals surface area contributed by atoms with Gasteiger partial charge in [0.05, 0.1) is 19.8 Å². The third-order valence-electron chi connectivity index (χ3n) is 3.91. The molecule has 114 valence electrons. The number of carbonyl (C=O) groups excluding carboxylic acids is 2. The highest BCUT2D eigenvalue weighted by molar-refractivity contribution is 5.79. The van der Waals surface area contributed by atoms with Crippen molar-refractivity contribution in [2.24, 2.45) is 0 Å². The molecule has 2 aliphatic rings. The zero-order valence-corrected chi connectivity index (χ0v) is 12.3. The van der Waals surface area contributed by atoms with Crippen LogP contribution in [0, 0.1) is 0 Å². The van der Waals surface area contributed by atoms with Gasteiger partial charge in [0.2, 0.25) is 11.8 Å². The maximum atomic E-state index is 12.2. The average Bonchev–Trinajstić information content (AvgIpc) is 2.48. The Bertz CT molecular complexity index is 335. The second-order valence-corrected chi connectivity index (χ2v) is 5.40. The first-order valence-electron chi connectivity index (χ1n) is 7.56. The van der Waals surface area contributed by atoms with Crippen LogP contribution in [0.4, 0.5) is 0 Å². The van der Waals surface area contributed by atoms with Gasteiger partial charge in [-0.2, -0.15) is 0 Å². The molecule has 0 unspecified atom stereocenters. The van der Waals surface area contributed by atoms with E-state index in [2.05, 4.69) is 4.90 Å². The molecule has 6 heteroatoms. The van der Waals surface area contributed by atoms with E-state index in [-0.39, 0.29) is 11.8 Å². The Balaban J connectivity index is 1.72. The van der Waals surface area contributed by atoms with E-state index in [0.29, 0.717) is 52.4 Å². The number of morpholine rings is 1. The molecule has 0 aromatic rings. The molecule has 6 nitrogen and oxygen atoms in total. The summed E-state index contributed by atoms with van der Waals surface area (Å²) >= 11 is 0. The van der Waals surface area contributed by atoms with Crippen molar-refractivity contribution in [3.05, 3.63) is 0 Å². The van der Waals surface area contributed by atoms with Gasteiger partial charge in [0.1, 0.15) is 0 Å². The largest absolute Gasteiger partial charge is 0.379 e. The van der Waals surface area contributed by atoms with Gasteiger partial charge in [-0.3, -0.25) is 14.5 Å². The summed E-state index contributed by atoms with van der Waals surface area (Å²) in [5, 5.41) is 0. The molecule has 0 bridgehead atoms. The summed E-state index contributed by atoms with van der Waals surface area (Å²) in [6, 6.07) is 0. The molecule has 0 aliphatic carbocycles. The van der Waals surface area contributed by atoms with E-state index in [1.807, 2.05) is 16.7 Å². The minimum atomic E-state index is 0.175. The quantitative estimate of drug-likeness (QED) is 0.716. The van der Waals surface area contributed by atoms with Crippen LogP contribution in [-0.4, -0.2) is 85.5 Å². The third-order valence-corrected chi connectivity index (χ3v) is 3.91. The van der Waals surface area contributed by atoms with E-state index in [4.69, 9.17) is 4.74 Å². The topological polar surface area (TPSA) is 53.1 Å². The normalized spacial score (nSPS) is 21.1. The highest BCUT2D eigenvalue weighted by Gasteiger charge is 2.25. The van der Waals surface area contributed by atoms with Gasteiger partial charge in [0, 0.05) is 45.7 Å². The average molecular weight is 283 g/mol. The molecule has 0 N–H and O–H groups in total. The Labute approximate surface area is 120 Å². The summed E-state index contributed by atoms with van der Waals surface area (Å²) in [5.41, 5.74) is 0. The number of amides is 2. The fourth-order valence-electron chi connectivity index (χ4n) is 2.63. The summed E-state index contributed by atoms with van der Waals surface area (Å²) in [5.74, 6) is 0.391. The van der Waals surface area contributed by atoms with Gasteiger partial charge in [-0.25, -0.2) is 0 Å². The van der Waals surface area contributed by atoms with Crippen LogP contribution in [0.15, 0.2) is 0 Å². The van der Waals surface area contributed by atoms with Gasteiger partial charge in [-0.1, -0.05) is 6.92 Å². The van der Waals surface area contributed by atoms with Crippen molar-refractivity contribution in [1.82, 2.24) is 14.7 Å². The molecule has 2 heterocycles. The Kier molecular flexibility index (Phi) is 5.79. The summed E-state index contributed by atoms with van der Waals surface area (Å²) in [7, 11) is 0. The highest BCUT2D eigenvalue weighted by atomic mass is 16.5. The molecule has 2 saturated heterocycles. The smallest absolute Gasteiger partial charge is 0.236 e. The lowest BCUT2D eigenvalue weighted by Crippen LogP contribution is -2.53. The van der Waals surface area contributed by atoms with Gasteiger partial charge in [0.15, 0.2) is 0 Å². The second kappa shape index (κ2) is 7.59. The molecule has 0 saturated carbocycles. The molecule has 2 fully saturated rings. The highest BCUT2D eigenvalue weighted by Crippen LogP contribution is 2.06. The van der Waals surface area contributed by atoms with Crippen LogP contribution in [0.25, 0.3) is 0 Å². The number of rotatable bonds is 4. The van der Waals surface area contributed by atoms with Crippen LogP contribution in [0.3, 0.4) is 0 Å². The van der Waals surface area contributed by atoms with Crippen LogP contribution in [0.1, 0.15) is 19.8 Å². The van der Waals surface area contributed by atoms with Crippen molar-refractivity contribution in [2.45, 2.75) is 19.8 Å². The molecule has 20 heavy (non-hydrogen) atoms. The number of carbonyl (C=O) groups is 2. The monoisotopic (exact) mass is 283 g/mol. The van der Waals surface area contributed by atoms with Crippen LogP contribution in [0.2, 0.25) is 0 Å². The van der Waals surface area contributed by atoms with Gasteiger partial charge in [-0.05, 0) is 6.42 Å². The summed E-state index contributed by atoms with van der Waals surface area (Å²) in [6.45, 7) is 8.27. The maximum Gasteiger partial charge on any atom is 0.236 e. The first-order valence-corrected chi connectivity index (χ1v) is 7.56. The van der Waals surface area contributed by atoms with Crippen LogP contribution in [-0.2, 0) is 14.3 Å². The predicted molar refractivity (Wildman–Crippen MR) is 75.3 cm³/mol. The Morgan fingerprint density at radius 1 is 0.900 bits per heavy atom. The van der Waals surface area contributed by atoms with Crippen molar-refractivity contribution in [3.63, 3.8) is 0 Å². The van der Waals surface area contributed by atoms with Crippen LogP contribution in [0.5, 0.6) is 0 Å². The molecular formula is C14H25N3O3. The van der Waals surface area contributed by atoms with E-state index >= 15 is 0 Å². The molecule has 0 spiro atoms. The lowest BCUT2D eigenvalue weighted by Gasteiger charge is -2.36. The molecular weight excluding hydrogens is 258 g/mol. The molecule has 0 aromatic heterocycles. The molecule has 0 radical (unpaired) electrons. The van der Waals surface area contributed by atoms with E-state index in [0.717, 1.165) is 19.5 Å². The number of ether oxygens (including phenoxy) is 1. The van der Waals surface area contributed by atoms with E-state index in [9.17, 15) is 9.59 Å². The Hall–Kier alpha value is -1.14. The number of nitrogens with zero attached hydrogens (tertiary/aromatic N) is 3. The minimum Gasteiger partial charge on any atom is -0.379 e. The molecule has 0 atom stereocenters. The SMILES string of the molecule is CCCC(=O)N1CCN(C(=O)CN2CCOCC2)CC1. The predicted octanol–water partition coefficient (Wildman–Crippen LogP) is -0.210. The van der Waals surface area contributed by atoms with Crippen molar-refractivity contribution in [1.29, 1.82) is 0 Å². The van der Waals surface area contributed by atoms with Crippen LogP contribution >= 0.6 is 0 Å². The second-order valence-electron chi connectivity index (χ2n) is 5.40. The molecule has 2 amide bonds. The zero-order chi connectivity index (χ0) is 14.4. The first kappa shape index (κ1) is 15.3. The lowest BCUT2D eigenvalue weighted by atomic mass is 10.2. The van der Waals surface area contributed by atoms with Gasteiger partial charge >= 0.3 is 0 Å². The number of hydrogen-bond donors (Lipinski definition) is 0. The first-order chi connectivity index (χ1) is 9.70. The fourth-order valence-corrected chi connectivity index (χ4v) is 2.63. The van der Waals surface area contributed by atoms with Crippen molar-refractivity contribution in [3.8, 4) is 0 Å². The van der Waals surface area contributed by atoms with E-state index < -0.39 is 0 Å². The fraction of sp³-hybridized carbons (Fsp3) is 0.857. The minimum absolute atomic E-state index is 0.175. The van der Waals surface area contributed by atoms with Crippen molar-refractivity contribution < 1.29 is 14.3 Å². The van der Waals surface area contributed by atoms with E-state index in [1.165, 1.54) is 0 Å². The van der Waals surface area contributed by atoms with Crippen molar-refractivity contribution >= 4 is 11.8 Å². The third kappa shape index (κ3) is 4.18. The molecule has 0 aromatic carbocycles. The zero-order valence-electron chi connectivity index (χ0n) is 12.3. The standard InChI is InChI=1S/C14H25N3O3/c1-2-3-13(18)16-4-6-17(7-5-16)14(19)12-15-8-10-20-11-9-15/h2-12H2,1H3. The number of piperazine rings is 1. The van der Waals surface area contributed by atoms with Crippen LogP contribution < -0.4 is 0 Å². The summed E-state index contributed by atoms with van der Waals surface area (Å²) in [4.78, 5) is 29.9. The Morgan fingerprint density at radius 3 is 2.00 bits per heavy atom.